The molecule has 1 rings (SSSR count). The highest BCUT2D eigenvalue weighted by molar-refractivity contribution is 5.82. The van der Waals surface area contributed by atoms with Crippen molar-refractivity contribution in [3.8, 4) is 0 Å². The van der Waals surface area contributed by atoms with Crippen molar-refractivity contribution in [2.75, 3.05) is 6.54 Å². The Morgan fingerprint density at radius 1 is 1.29 bits per heavy atom. The zero-order valence-electron chi connectivity index (χ0n) is 11.8. The fourth-order valence-electron chi connectivity index (χ4n) is 2.75. The highest BCUT2D eigenvalue weighted by Gasteiger charge is 2.32. The van der Waals surface area contributed by atoms with Gasteiger partial charge in [0.2, 0.25) is 5.91 Å². The number of piperidine rings is 1. The van der Waals surface area contributed by atoms with Crippen molar-refractivity contribution in [3.63, 3.8) is 0 Å². The van der Waals surface area contributed by atoms with Gasteiger partial charge in [-0.1, -0.05) is 27.7 Å². The quantitative estimate of drug-likeness (QED) is 0.775. The Labute approximate surface area is 106 Å². The van der Waals surface area contributed by atoms with Crippen molar-refractivity contribution in [3.05, 3.63) is 0 Å². The van der Waals surface area contributed by atoms with Crippen LogP contribution in [0.2, 0.25) is 0 Å². The van der Waals surface area contributed by atoms with Gasteiger partial charge in [0.25, 0.3) is 0 Å². The standard InChI is InChI=1S/C14H28N2O/c1-5-14(6-2,7-3)16-13(17)12-11(4)9-8-10-15-12/h11-12,15H,5-10H2,1-4H3,(H,16,17). The Kier molecular flexibility index (Phi) is 5.44. The lowest BCUT2D eigenvalue weighted by molar-refractivity contribution is -0.127. The van der Waals surface area contributed by atoms with Crippen LogP contribution in [0.1, 0.15) is 59.8 Å². The van der Waals surface area contributed by atoms with Crippen LogP contribution in [0.4, 0.5) is 0 Å². The van der Waals surface area contributed by atoms with Crippen LogP contribution < -0.4 is 10.6 Å². The van der Waals surface area contributed by atoms with Gasteiger partial charge in [-0.2, -0.15) is 0 Å². The summed E-state index contributed by atoms with van der Waals surface area (Å²) in [5.74, 6) is 0.648. The van der Waals surface area contributed by atoms with Gasteiger partial charge in [0.15, 0.2) is 0 Å². The van der Waals surface area contributed by atoms with Crippen LogP contribution in [-0.4, -0.2) is 24.0 Å². The van der Waals surface area contributed by atoms with Crippen LogP contribution >= 0.6 is 0 Å². The number of rotatable bonds is 5. The molecule has 2 unspecified atom stereocenters. The lowest BCUT2D eigenvalue weighted by Crippen LogP contribution is -2.57. The molecule has 3 nitrogen and oxygen atoms in total. The van der Waals surface area contributed by atoms with Crippen LogP contribution in [0.25, 0.3) is 0 Å². The first-order chi connectivity index (χ1) is 8.08. The van der Waals surface area contributed by atoms with E-state index >= 15 is 0 Å². The summed E-state index contributed by atoms with van der Waals surface area (Å²) in [5.41, 5.74) is -0.00404. The van der Waals surface area contributed by atoms with Gasteiger partial charge in [0.05, 0.1) is 6.04 Å². The van der Waals surface area contributed by atoms with E-state index in [0.717, 1.165) is 32.2 Å². The molecule has 0 bridgehead atoms. The van der Waals surface area contributed by atoms with Gasteiger partial charge in [-0.3, -0.25) is 4.79 Å². The molecule has 1 aliphatic heterocycles. The van der Waals surface area contributed by atoms with Crippen molar-refractivity contribution in [1.29, 1.82) is 0 Å². The molecule has 0 saturated carbocycles. The van der Waals surface area contributed by atoms with Crippen molar-refractivity contribution in [1.82, 2.24) is 10.6 Å². The van der Waals surface area contributed by atoms with E-state index in [-0.39, 0.29) is 17.5 Å². The van der Waals surface area contributed by atoms with Gasteiger partial charge in [-0.05, 0) is 44.6 Å². The second kappa shape index (κ2) is 6.39. The van der Waals surface area contributed by atoms with Gasteiger partial charge in [0, 0.05) is 5.54 Å². The molecule has 17 heavy (non-hydrogen) atoms. The number of nitrogens with one attached hydrogen (secondary N) is 2. The number of carbonyl (C=O) groups is 1. The Bertz CT molecular complexity index is 240. The lowest BCUT2D eigenvalue weighted by atomic mass is 9.87. The number of hydrogen-bond acceptors (Lipinski definition) is 2. The average molecular weight is 240 g/mol. The topological polar surface area (TPSA) is 41.1 Å². The number of amides is 1. The Hall–Kier alpha value is -0.570. The normalized spacial score (nSPS) is 25.6. The van der Waals surface area contributed by atoms with Crippen LogP contribution in [0.15, 0.2) is 0 Å². The fraction of sp³-hybridized carbons (Fsp3) is 0.929. The minimum absolute atomic E-state index is 0.00404. The van der Waals surface area contributed by atoms with E-state index in [4.69, 9.17) is 0 Å². The maximum atomic E-state index is 12.3. The Morgan fingerprint density at radius 2 is 1.88 bits per heavy atom. The molecule has 100 valence electrons. The van der Waals surface area contributed by atoms with Crippen molar-refractivity contribution in [2.45, 2.75) is 71.4 Å². The summed E-state index contributed by atoms with van der Waals surface area (Å²) >= 11 is 0. The highest BCUT2D eigenvalue weighted by Crippen LogP contribution is 2.21. The summed E-state index contributed by atoms with van der Waals surface area (Å²) in [5, 5.41) is 6.63. The third kappa shape index (κ3) is 3.44. The molecule has 0 spiro atoms. The SMILES string of the molecule is CCC(CC)(CC)NC(=O)C1NCCCC1C. The molecule has 0 aromatic heterocycles. The van der Waals surface area contributed by atoms with Crippen molar-refractivity contribution < 1.29 is 4.79 Å². The van der Waals surface area contributed by atoms with Crippen molar-refractivity contribution in [2.24, 2.45) is 5.92 Å². The number of hydrogen-bond donors (Lipinski definition) is 2. The first-order valence-electron chi connectivity index (χ1n) is 7.14. The second-order valence-corrected chi connectivity index (χ2v) is 5.38. The average Bonchev–Trinajstić information content (AvgIpc) is 2.36. The van der Waals surface area contributed by atoms with Gasteiger partial charge < -0.3 is 10.6 Å². The van der Waals surface area contributed by atoms with Gasteiger partial charge >= 0.3 is 0 Å². The van der Waals surface area contributed by atoms with E-state index in [2.05, 4.69) is 38.3 Å². The summed E-state index contributed by atoms with van der Waals surface area (Å²) in [4.78, 5) is 12.3. The number of carbonyl (C=O) groups excluding carboxylic acids is 1. The molecule has 0 aromatic carbocycles. The molecular formula is C14H28N2O. The van der Waals surface area contributed by atoms with E-state index in [0.29, 0.717) is 5.92 Å². The lowest BCUT2D eigenvalue weighted by Gasteiger charge is -2.36. The summed E-state index contributed by atoms with van der Waals surface area (Å²) < 4.78 is 0. The minimum atomic E-state index is -0.00404. The van der Waals surface area contributed by atoms with Crippen molar-refractivity contribution >= 4 is 5.91 Å². The summed E-state index contributed by atoms with van der Waals surface area (Å²) in [6.45, 7) is 9.61. The second-order valence-electron chi connectivity index (χ2n) is 5.38. The molecule has 0 radical (unpaired) electrons. The van der Waals surface area contributed by atoms with E-state index in [1.165, 1.54) is 6.42 Å². The molecule has 2 atom stereocenters. The molecule has 3 heteroatoms. The van der Waals surface area contributed by atoms with Gasteiger partial charge in [-0.25, -0.2) is 0 Å². The van der Waals surface area contributed by atoms with Crippen LogP contribution in [0, 0.1) is 5.92 Å². The summed E-state index contributed by atoms with van der Waals surface area (Å²) in [6, 6.07) is 0.00720. The molecule has 2 N–H and O–H groups in total. The zero-order chi connectivity index (χ0) is 12.9. The molecular weight excluding hydrogens is 212 g/mol. The zero-order valence-corrected chi connectivity index (χ0v) is 11.8. The third-order valence-electron chi connectivity index (χ3n) is 4.47. The predicted octanol–water partition coefficient (Wildman–Crippen LogP) is 2.46. The van der Waals surface area contributed by atoms with Crippen LogP contribution in [-0.2, 0) is 4.79 Å². The van der Waals surface area contributed by atoms with Gasteiger partial charge in [-0.15, -0.1) is 0 Å². The minimum Gasteiger partial charge on any atom is -0.349 e. The first kappa shape index (κ1) is 14.5. The Morgan fingerprint density at radius 3 is 2.35 bits per heavy atom. The van der Waals surface area contributed by atoms with E-state index < -0.39 is 0 Å². The molecule has 1 heterocycles. The third-order valence-corrected chi connectivity index (χ3v) is 4.47. The fourth-order valence-corrected chi connectivity index (χ4v) is 2.75. The predicted molar refractivity (Wildman–Crippen MR) is 71.9 cm³/mol. The summed E-state index contributed by atoms with van der Waals surface area (Å²) in [7, 11) is 0. The highest BCUT2D eigenvalue weighted by atomic mass is 16.2. The largest absolute Gasteiger partial charge is 0.349 e. The maximum absolute atomic E-state index is 12.3. The van der Waals surface area contributed by atoms with E-state index in [1.807, 2.05) is 0 Å². The molecule has 1 amide bonds. The smallest absolute Gasteiger partial charge is 0.237 e. The molecule has 1 fully saturated rings. The maximum Gasteiger partial charge on any atom is 0.237 e. The molecule has 0 aromatic rings. The molecule has 1 aliphatic rings. The monoisotopic (exact) mass is 240 g/mol. The van der Waals surface area contributed by atoms with Crippen LogP contribution in [0.3, 0.4) is 0 Å². The molecule has 1 saturated heterocycles. The first-order valence-corrected chi connectivity index (χ1v) is 7.14. The molecule has 0 aliphatic carbocycles. The summed E-state index contributed by atoms with van der Waals surface area (Å²) in [6.07, 6.45) is 5.36. The van der Waals surface area contributed by atoms with E-state index in [9.17, 15) is 4.79 Å². The Balaban J connectivity index is 2.63. The van der Waals surface area contributed by atoms with E-state index in [1.54, 1.807) is 0 Å². The van der Waals surface area contributed by atoms with Gasteiger partial charge in [0.1, 0.15) is 0 Å². The van der Waals surface area contributed by atoms with Crippen LogP contribution in [0.5, 0.6) is 0 Å².